The van der Waals surface area contributed by atoms with Crippen molar-refractivity contribution in [3.63, 3.8) is 0 Å². The average molecular weight is 363 g/mol. The van der Waals surface area contributed by atoms with Crippen LogP contribution in [0.3, 0.4) is 0 Å². The molecule has 0 radical (unpaired) electrons. The van der Waals surface area contributed by atoms with E-state index in [0.717, 1.165) is 38.1 Å². The number of likely N-dealkylation sites (tertiary alicyclic amines) is 2. The highest BCUT2D eigenvalue weighted by molar-refractivity contribution is 5.86. The summed E-state index contributed by atoms with van der Waals surface area (Å²) in [7, 11) is 1.62. The van der Waals surface area contributed by atoms with Gasteiger partial charge in [0.25, 0.3) is 5.91 Å². The second-order valence-electron chi connectivity index (χ2n) is 7.20. The minimum Gasteiger partial charge on any atom is -0.489 e. The number of carbonyl (C=O) groups is 1. The zero-order chi connectivity index (χ0) is 18.4. The molecule has 0 saturated carbocycles. The van der Waals surface area contributed by atoms with Crippen LogP contribution in [0.2, 0.25) is 0 Å². The molecule has 0 unspecified atom stereocenters. The second-order valence-corrected chi connectivity index (χ2v) is 7.20. The number of rotatable bonds is 7. The van der Waals surface area contributed by atoms with E-state index >= 15 is 0 Å². The van der Waals surface area contributed by atoms with Gasteiger partial charge < -0.3 is 19.5 Å². The lowest BCUT2D eigenvalue weighted by Gasteiger charge is -2.42. The Balaban J connectivity index is 1.49. The first-order valence-corrected chi connectivity index (χ1v) is 9.40. The minimum atomic E-state index is -1.27. The van der Waals surface area contributed by atoms with Crippen molar-refractivity contribution < 1.29 is 19.4 Å². The number of carbonyl (C=O) groups excluding carboxylic acids is 1. The van der Waals surface area contributed by atoms with Crippen LogP contribution in [-0.4, -0.2) is 83.9 Å². The molecule has 0 bridgehead atoms. The molecule has 2 fully saturated rings. The summed E-state index contributed by atoms with van der Waals surface area (Å²) >= 11 is 0. The lowest BCUT2D eigenvalue weighted by molar-refractivity contribution is -0.160. The lowest BCUT2D eigenvalue weighted by atomic mass is 9.90. The molecule has 0 aliphatic carbocycles. The molecule has 26 heavy (non-hydrogen) atoms. The van der Waals surface area contributed by atoms with Crippen LogP contribution < -0.4 is 4.74 Å². The fourth-order valence-corrected chi connectivity index (χ4v) is 3.79. The van der Waals surface area contributed by atoms with Gasteiger partial charge in [-0.25, -0.2) is 0 Å². The summed E-state index contributed by atoms with van der Waals surface area (Å²) in [6.45, 7) is 3.77. The van der Waals surface area contributed by atoms with Gasteiger partial charge in [0.15, 0.2) is 5.60 Å². The topological polar surface area (TPSA) is 75.1 Å². The van der Waals surface area contributed by atoms with Gasteiger partial charge in [0, 0.05) is 46.0 Å². The summed E-state index contributed by atoms with van der Waals surface area (Å²) in [5.41, 5.74) is -1.27. The molecule has 7 nitrogen and oxygen atoms in total. The number of β-amino-alcohol motifs (C(OH)–C–C–N with tert-alkyl or cyclic N) is 1. The summed E-state index contributed by atoms with van der Waals surface area (Å²) in [6, 6.07) is 3.78. The predicted octanol–water partition coefficient (Wildman–Crippen LogP) is 0.925. The van der Waals surface area contributed by atoms with E-state index in [2.05, 4.69) is 9.88 Å². The normalized spacial score (nSPS) is 25.5. The van der Waals surface area contributed by atoms with Crippen molar-refractivity contribution in [2.75, 3.05) is 46.4 Å². The van der Waals surface area contributed by atoms with Crippen LogP contribution >= 0.6 is 0 Å². The molecule has 0 aromatic carbocycles. The van der Waals surface area contributed by atoms with Gasteiger partial charge in [-0.2, -0.15) is 0 Å². The molecule has 3 heterocycles. The standard InChI is InChI=1S/C19H29N3O4/c1-25-13-12-22-9-3-7-19(24,18(22)23)15-21-10-5-16(6-11-21)26-17-4-2-8-20-14-17/h2,4,8,14,16,24H,3,5-7,9-13,15H2,1H3/t19-/m1/s1. The smallest absolute Gasteiger partial charge is 0.255 e. The van der Waals surface area contributed by atoms with E-state index in [1.165, 1.54) is 0 Å². The van der Waals surface area contributed by atoms with Crippen molar-refractivity contribution in [2.24, 2.45) is 0 Å². The summed E-state index contributed by atoms with van der Waals surface area (Å²) < 4.78 is 11.0. The molecule has 7 heteroatoms. The van der Waals surface area contributed by atoms with Crippen LogP contribution in [0.15, 0.2) is 24.5 Å². The molecule has 1 aromatic rings. The molecule has 1 aromatic heterocycles. The van der Waals surface area contributed by atoms with E-state index in [-0.39, 0.29) is 12.0 Å². The largest absolute Gasteiger partial charge is 0.489 e. The van der Waals surface area contributed by atoms with Gasteiger partial charge in [-0.05, 0) is 37.8 Å². The number of piperidine rings is 2. The Hall–Kier alpha value is -1.70. The number of nitrogens with zero attached hydrogens (tertiary/aromatic N) is 3. The number of methoxy groups -OCH3 is 1. The molecule has 3 rings (SSSR count). The Labute approximate surface area is 154 Å². The van der Waals surface area contributed by atoms with E-state index in [4.69, 9.17) is 9.47 Å². The van der Waals surface area contributed by atoms with E-state index in [9.17, 15) is 9.90 Å². The maximum Gasteiger partial charge on any atom is 0.255 e. The first-order valence-electron chi connectivity index (χ1n) is 9.40. The summed E-state index contributed by atoms with van der Waals surface area (Å²) in [5.74, 6) is 0.635. The van der Waals surface area contributed by atoms with Gasteiger partial charge in [-0.15, -0.1) is 0 Å². The zero-order valence-electron chi connectivity index (χ0n) is 15.5. The van der Waals surface area contributed by atoms with Crippen LogP contribution in [0.1, 0.15) is 25.7 Å². The van der Waals surface area contributed by atoms with Crippen molar-refractivity contribution in [3.05, 3.63) is 24.5 Å². The summed E-state index contributed by atoms with van der Waals surface area (Å²) in [5, 5.41) is 10.9. The molecule has 144 valence electrons. The van der Waals surface area contributed by atoms with Crippen molar-refractivity contribution in [3.8, 4) is 5.75 Å². The molecule has 0 spiro atoms. The van der Waals surface area contributed by atoms with Crippen molar-refractivity contribution in [2.45, 2.75) is 37.4 Å². The van der Waals surface area contributed by atoms with E-state index < -0.39 is 5.60 Å². The third-order valence-corrected chi connectivity index (χ3v) is 5.23. The zero-order valence-corrected chi connectivity index (χ0v) is 15.5. The summed E-state index contributed by atoms with van der Waals surface area (Å²) in [6.07, 6.45) is 6.73. The van der Waals surface area contributed by atoms with Gasteiger partial charge >= 0.3 is 0 Å². The summed E-state index contributed by atoms with van der Waals surface area (Å²) in [4.78, 5) is 20.7. The first-order chi connectivity index (χ1) is 12.6. The van der Waals surface area contributed by atoms with E-state index in [0.29, 0.717) is 32.7 Å². The highest BCUT2D eigenvalue weighted by atomic mass is 16.5. The third kappa shape index (κ3) is 4.72. The molecular weight excluding hydrogens is 334 g/mol. The van der Waals surface area contributed by atoms with Crippen LogP contribution in [0.5, 0.6) is 5.75 Å². The SMILES string of the molecule is COCCN1CCC[C@@](O)(CN2CCC(Oc3cccnc3)CC2)C1=O. The number of hydrogen-bond donors (Lipinski definition) is 1. The fourth-order valence-electron chi connectivity index (χ4n) is 3.79. The van der Waals surface area contributed by atoms with Crippen molar-refractivity contribution in [1.29, 1.82) is 0 Å². The predicted molar refractivity (Wildman–Crippen MR) is 97.0 cm³/mol. The number of aliphatic hydroxyl groups is 1. The molecule has 2 aliphatic heterocycles. The second kappa shape index (κ2) is 8.79. The van der Waals surface area contributed by atoms with Gasteiger partial charge in [-0.1, -0.05) is 0 Å². The van der Waals surface area contributed by atoms with Gasteiger partial charge in [0.1, 0.15) is 11.9 Å². The molecular formula is C19H29N3O4. The van der Waals surface area contributed by atoms with Crippen LogP contribution in [0, 0.1) is 0 Å². The Morgan fingerprint density at radius 1 is 1.35 bits per heavy atom. The number of pyridine rings is 1. The Morgan fingerprint density at radius 3 is 2.85 bits per heavy atom. The van der Waals surface area contributed by atoms with Gasteiger partial charge in [-0.3, -0.25) is 14.7 Å². The maximum absolute atomic E-state index is 12.7. The third-order valence-electron chi connectivity index (χ3n) is 5.23. The number of ether oxygens (including phenoxy) is 2. The Kier molecular flexibility index (Phi) is 6.45. The number of aromatic nitrogens is 1. The first kappa shape index (κ1) is 19.1. The highest BCUT2D eigenvalue weighted by Crippen LogP contribution is 2.26. The van der Waals surface area contributed by atoms with Crippen molar-refractivity contribution in [1.82, 2.24) is 14.8 Å². The molecule has 2 saturated heterocycles. The molecule has 1 amide bonds. The van der Waals surface area contributed by atoms with Crippen LogP contribution in [-0.2, 0) is 9.53 Å². The molecule has 1 atom stereocenters. The Bertz CT molecular complexity index is 577. The fraction of sp³-hybridized carbons (Fsp3) is 0.684. The number of hydrogen-bond acceptors (Lipinski definition) is 6. The quantitative estimate of drug-likeness (QED) is 0.777. The average Bonchev–Trinajstić information content (AvgIpc) is 2.66. The van der Waals surface area contributed by atoms with Gasteiger partial charge in [0.2, 0.25) is 0 Å². The molecule has 1 N–H and O–H groups in total. The van der Waals surface area contributed by atoms with E-state index in [1.54, 1.807) is 24.4 Å². The monoisotopic (exact) mass is 363 g/mol. The van der Waals surface area contributed by atoms with E-state index in [1.807, 2.05) is 12.1 Å². The molecule has 2 aliphatic rings. The lowest BCUT2D eigenvalue weighted by Crippen LogP contribution is -2.59. The van der Waals surface area contributed by atoms with Crippen LogP contribution in [0.4, 0.5) is 0 Å². The maximum atomic E-state index is 12.7. The van der Waals surface area contributed by atoms with Gasteiger partial charge in [0.05, 0.1) is 12.8 Å². The number of amides is 1. The van der Waals surface area contributed by atoms with Crippen LogP contribution in [0.25, 0.3) is 0 Å². The highest BCUT2D eigenvalue weighted by Gasteiger charge is 2.43. The minimum absolute atomic E-state index is 0.158. The van der Waals surface area contributed by atoms with Crippen molar-refractivity contribution >= 4 is 5.91 Å². The Morgan fingerprint density at radius 2 is 2.15 bits per heavy atom.